The molecule has 1 heterocycles. The summed E-state index contributed by atoms with van der Waals surface area (Å²) in [6.07, 6.45) is 5.37. The van der Waals surface area contributed by atoms with E-state index in [1.54, 1.807) is 0 Å². The first-order chi connectivity index (χ1) is 8.63. The summed E-state index contributed by atoms with van der Waals surface area (Å²) in [4.78, 5) is 14.1. The molecule has 106 valence electrons. The summed E-state index contributed by atoms with van der Waals surface area (Å²) in [5.41, 5.74) is 0. The Morgan fingerprint density at radius 3 is 2.39 bits per heavy atom. The zero-order valence-electron chi connectivity index (χ0n) is 11.8. The first kappa shape index (κ1) is 15.4. The van der Waals surface area contributed by atoms with Crippen LogP contribution >= 0.6 is 0 Å². The normalized spacial score (nSPS) is 20.3. The van der Waals surface area contributed by atoms with E-state index >= 15 is 0 Å². The molecule has 2 unspecified atom stereocenters. The van der Waals surface area contributed by atoms with Gasteiger partial charge in [0.2, 0.25) is 5.91 Å². The van der Waals surface area contributed by atoms with Crippen molar-refractivity contribution >= 4 is 5.91 Å². The Balaban J connectivity index is 2.25. The molecule has 1 rings (SSSR count). The number of hydrogen-bond donors (Lipinski definition) is 2. The van der Waals surface area contributed by atoms with Crippen LogP contribution in [0.3, 0.4) is 0 Å². The van der Waals surface area contributed by atoms with Crippen molar-refractivity contribution in [3.05, 3.63) is 0 Å². The van der Waals surface area contributed by atoms with Gasteiger partial charge in [0.1, 0.15) is 0 Å². The molecule has 0 aromatic carbocycles. The zero-order chi connectivity index (χ0) is 13.4. The number of rotatable bonds is 6. The molecule has 0 aliphatic carbocycles. The highest BCUT2D eigenvalue weighted by Gasteiger charge is 2.17. The first-order valence-electron chi connectivity index (χ1n) is 7.25. The number of carbonyl (C=O) groups is 1. The number of carbonyl (C=O) groups excluding carboxylic acids is 1. The van der Waals surface area contributed by atoms with E-state index < -0.39 is 0 Å². The van der Waals surface area contributed by atoms with Gasteiger partial charge in [0.05, 0.1) is 0 Å². The van der Waals surface area contributed by atoms with Gasteiger partial charge in [-0.3, -0.25) is 4.79 Å². The van der Waals surface area contributed by atoms with Crippen LogP contribution in [0.25, 0.3) is 0 Å². The van der Waals surface area contributed by atoms with Crippen molar-refractivity contribution in [2.45, 2.75) is 52.0 Å². The predicted octanol–water partition coefficient (Wildman–Crippen LogP) is 1.39. The van der Waals surface area contributed by atoms with Crippen LogP contribution in [0, 0.1) is 5.92 Å². The molecule has 0 aromatic rings. The molecule has 1 saturated heterocycles. The Labute approximate surface area is 111 Å². The molecule has 1 aliphatic rings. The lowest BCUT2D eigenvalue weighted by Crippen LogP contribution is -2.39. The Kier molecular flexibility index (Phi) is 7.28. The van der Waals surface area contributed by atoms with Gasteiger partial charge in [-0.15, -0.1) is 0 Å². The third-order valence-corrected chi connectivity index (χ3v) is 3.57. The summed E-state index contributed by atoms with van der Waals surface area (Å²) in [5.74, 6) is 0.522. The lowest BCUT2D eigenvalue weighted by Gasteiger charge is -2.23. The maximum absolute atomic E-state index is 12.1. The van der Waals surface area contributed by atoms with Crippen LogP contribution in [0.5, 0.6) is 0 Å². The van der Waals surface area contributed by atoms with Crippen LogP contribution in [0.4, 0.5) is 0 Å². The maximum Gasteiger partial charge on any atom is 0.224 e. The Morgan fingerprint density at radius 1 is 1.22 bits per heavy atom. The van der Waals surface area contributed by atoms with Gasteiger partial charge in [0.25, 0.3) is 0 Å². The fourth-order valence-electron chi connectivity index (χ4n) is 2.25. The summed E-state index contributed by atoms with van der Waals surface area (Å²) in [6, 6.07) is 0.190. The standard InChI is InChI=1S/C14H28N2O2/c1-12(11-17)10-15-13(2)9-14(18)16-7-5-3-4-6-8-16/h12-13,15,17H,3-11H2,1-2H3. The second-order valence-corrected chi connectivity index (χ2v) is 5.60. The number of likely N-dealkylation sites (tertiary alicyclic amines) is 1. The van der Waals surface area contributed by atoms with E-state index in [9.17, 15) is 4.79 Å². The van der Waals surface area contributed by atoms with Gasteiger partial charge in [0, 0.05) is 38.7 Å². The molecule has 0 spiro atoms. The number of hydrogen-bond acceptors (Lipinski definition) is 3. The number of nitrogens with zero attached hydrogens (tertiary/aromatic N) is 1. The molecule has 4 heteroatoms. The summed E-state index contributed by atoms with van der Waals surface area (Å²) in [5, 5.41) is 12.3. The SMILES string of the molecule is CC(CO)CNC(C)CC(=O)N1CCCCCC1. The van der Waals surface area contributed by atoms with Crippen LogP contribution in [0.2, 0.25) is 0 Å². The van der Waals surface area contributed by atoms with Crippen molar-refractivity contribution < 1.29 is 9.90 Å². The molecule has 0 bridgehead atoms. The Bertz CT molecular complexity index is 238. The molecule has 2 atom stereocenters. The summed E-state index contributed by atoms with van der Waals surface area (Å²) in [7, 11) is 0. The smallest absolute Gasteiger partial charge is 0.224 e. The fraction of sp³-hybridized carbons (Fsp3) is 0.929. The monoisotopic (exact) mass is 256 g/mol. The zero-order valence-corrected chi connectivity index (χ0v) is 11.8. The van der Waals surface area contributed by atoms with E-state index in [1.165, 1.54) is 12.8 Å². The molecule has 1 fully saturated rings. The van der Waals surface area contributed by atoms with Crippen LogP contribution in [0.15, 0.2) is 0 Å². The molecule has 1 aliphatic heterocycles. The van der Waals surface area contributed by atoms with E-state index in [1.807, 2.05) is 18.7 Å². The van der Waals surface area contributed by atoms with Gasteiger partial charge >= 0.3 is 0 Å². The number of amides is 1. The van der Waals surface area contributed by atoms with Crippen molar-refractivity contribution in [1.82, 2.24) is 10.2 Å². The van der Waals surface area contributed by atoms with Crippen LogP contribution < -0.4 is 5.32 Å². The van der Waals surface area contributed by atoms with Crippen molar-refractivity contribution in [3.8, 4) is 0 Å². The molecule has 0 aromatic heterocycles. The van der Waals surface area contributed by atoms with E-state index in [0.29, 0.717) is 6.42 Å². The van der Waals surface area contributed by atoms with Crippen LogP contribution in [0.1, 0.15) is 46.0 Å². The van der Waals surface area contributed by atoms with Crippen molar-refractivity contribution in [2.75, 3.05) is 26.2 Å². The van der Waals surface area contributed by atoms with Crippen LogP contribution in [-0.4, -0.2) is 48.2 Å². The second kappa shape index (κ2) is 8.48. The Hall–Kier alpha value is -0.610. The van der Waals surface area contributed by atoms with Crippen molar-refractivity contribution in [1.29, 1.82) is 0 Å². The minimum absolute atomic E-state index is 0.190. The molecular formula is C14H28N2O2. The average molecular weight is 256 g/mol. The maximum atomic E-state index is 12.1. The summed E-state index contributed by atoms with van der Waals surface area (Å²) >= 11 is 0. The van der Waals surface area contributed by atoms with Gasteiger partial charge in [-0.1, -0.05) is 19.8 Å². The van der Waals surface area contributed by atoms with E-state index in [4.69, 9.17) is 5.11 Å². The molecule has 2 N–H and O–H groups in total. The highest BCUT2D eigenvalue weighted by molar-refractivity contribution is 5.76. The van der Waals surface area contributed by atoms with E-state index in [-0.39, 0.29) is 24.5 Å². The third kappa shape index (κ3) is 5.83. The molecule has 0 radical (unpaired) electrons. The van der Waals surface area contributed by atoms with Crippen molar-refractivity contribution in [2.24, 2.45) is 5.92 Å². The Morgan fingerprint density at radius 2 is 1.83 bits per heavy atom. The topological polar surface area (TPSA) is 52.6 Å². The fourth-order valence-corrected chi connectivity index (χ4v) is 2.25. The first-order valence-corrected chi connectivity index (χ1v) is 7.25. The minimum Gasteiger partial charge on any atom is -0.396 e. The van der Waals surface area contributed by atoms with Crippen molar-refractivity contribution in [3.63, 3.8) is 0 Å². The lowest BCUT2D eigenvalue weighted by atomic mass is 10.1. The van der Waals surface area contributed by atoms with Gasteiger partial charge < -0.3 is 15.3 Å². The highest BCUT2D eigenvalue weighted by Crippen LogP contribution is 2.11. The van der Waals surface area contributed by atoms with Gasteiger partial charge in [0.15, 0.2) is 0 Å². The highest BCUT2D eigenvalue weighted by atomic mass is 16.3. The molecule has 18 heavy (non-hydrogen) atoms. The van der Waals surface area contributed by atoms with Gasteiger partial charge in [-0.05, 0) is 25.7 Å². The van der Waals surface area contributed by atoms with E-state index in [0.717, 1.165) is 32.5 Å². The van der Waals surface area contributed by atoms with Crippen LogP contribution in [-0.2, 0) is 4.79 Å². The van der Waals surface area contributed by atoms with E-state index in [2.05, 4.69) is 5.32 Å². The lowest BCUT2D eigenvalue weighted by molar-refractivity contribution is -0.131. The van der Waals surface area contributed by atoms with Gasteiger partial charge in [-0.2, -0.15) is 0 Å². The number of aliphatic hydroxyl groups is 1. The van der Waals surface area contributed by atoms with Gasteiger partial charge in [-0.25, -0.2) is 0 Å². The third-order valence-electron chi connectivity index (χ3n) is 3.57. The molecule has 1 amide bonds. The average Bonchev–Trinajstić information content (AvgIpc) is 2.64. The quantitative estimate of drug-likeness (QED) is 0.755. The predicted molar refractivity (Wildman–Crippen MR) is 73.4 cm³/mol. The number of aliphatic hydroxyl groups excluding tert-OH is 1. The molecule has 0 saturated carbocycles. The second-order valence-electron chi connectivity index (χ2n) is 5.60. The summed E-state index contributed by atoms with van der Waals surface area (Å²) < 4.78 is 0. The molecule has 4 nitrogen and oxygen atoms in total. The number of nitrogens with one attached hydrogen (secondary N) is 1. The summed E-state index contributed by atoms with van der Waals surface area (Å²) in [6.45, 7) is 6.86. The minimum atomic E-state index is 0.190. The molecular weight excluding hydrogens is 228 g/mol. The largest absolute Gasteiger partial charge is 0.396 e.